The molecule has 1 N–H and O–H groups in total. The molecule has 1 aromatic heterocycles. The summed E-state index contributed by atoms with van der Waals surface area (Å²) in [4.78, 5) is 8.21. The first kappa shape index (κ1) is 12.6. The van der Waals surface area contributed by atoms with Crippen LogP contribution in [0.5, 0.6) is 0 Å². The van der Waals surface area contributed by atoms with E-state index in [0.29, 0.717) is 24.5 Å². The summed E-state index contributed by atoms with van der Waals surface area (Å²) in [5, 5.41) is 3.08. The van der Waals surface area contributed by atoms with E-state index in [2.05, 4.69) is 15.3 Å². The largest absolute Gasteiger partial charge is 0.307 e. The molecule has 1 heterocycles. The molecule has 0 fully saturated rings. The Morgan fingerprint density at radius 2 is 1.83 bits per heavy atom. The van der Waals surface area contributed by atoms with Gasteiger partial charge in [0.2, 0.25) is 0 Å². The molecule has 2 rings (SSSR count). The van der Waals surface area contributed by atoms with Crippen molar-refractivity contribution in [1.82, 2.24) is 15.3 Å². The zero-order valence-corrected chi connectivity index (χ0v) is 9.95. The van der Waals surface area contributed by atoms with Crippen molar-refractivity contribution < 1.29 is 8.78 Å². The standard InChI is InChI=1S/C13H13F2N3/c1-9-17-3-2-13(18-9)8-16-7-10-4-11(14)6-12(15)5-10/h2-6,16H,7-8H2,1H3. The van der Waals surface area contributed by atoms with Gasteiger partial charge in [-0.2, -0.15) is 0 Å². The molecular weight excluding hydrogens is 236 g/mol. The van der Waals surface area contributed by atoms with E-state index < -0.39 is 11.6 Å². The summed E-state index contributed by atoms with van der Waals surface area (Å²) in [5.74, 6) is -0.430. The number of aromatic nitrogens is 2. The number of nitrogens with one attached hydrogen (secondary N) is 1. The lowest BCUT2D eigenvalue weighted by molar-refractivity contribution is 0.574. The highest BCUT2D eigenvalue weighted by atomic mass is 19.1. The van der Waals surface area contributed by atoms with Crippen molar-refractivity contribution in [2.24, 2.45) is 0 Å². The number of aryl methyl sites for hydroxylation is 1. The van der Waals surface area contributed by atoms with E-state index in [1.54, 1.807) is 12.3 Å². The molecule has 0 amide bonds. The number of hydrogen-bond acceptors (Lipinski definition) is 3. The molecule has 0 spiro atoms. The van der Waals surface area contributed by atoms with Crippen molar-refractivity contribution in [3.63, 3.8) is 0 Å². The zero-order chi connectivity index (χ0) is 13.0. The van der Waals surface area contributed by atoms with Crippen LogP contribution in [0.25, 0.3) is 0 Å². The molecule has 1 aromatic carbocycles. The Bertz CT molecular complexity index is 523. The highest BCUT2D eigenvalue weighted by molar-refractivity contribution is 5.17. The van der Waals surface area contributed by atoms with E-state index in [9.17, 15) is 8.78 Å². The second-order valence-electron chi connectivity index (χ2n) is 3.98. The first-order valence-corrected chi connectivity index (χ1v) is 5.58. The molecule has 2 aromatic rings. The molecule has 0 atom stereocenters. The first-order valence-electron chi connectivity index (χ1n) is 5.58. The number of nitrogens with zero attached hydrogens (tertiary/aromatic N) is 2. The van der Waals surface area contributed by atoms with Gasteiger partial charge in [-0.25, -0.2) is 18.7 Å². The Morgan fingerprint density at radius 1 is 1.11 bits per heavy atom. The molecule has 0 unspecified atom stereocenters. The number of rotatable bonds is 4. The van der Waals surface area contributed by atoms with Crippen LogP contribution in [0.2, 0.25) is 0 Å². The molecule has 18 heavy (non-hydrogen) atoms. The molecular formula is C13H13F2N3. The summed E-state index contributed by atoms with van der Waals surface area (Å²) in [6.45, 7) is 2.73. The fourth-order valence-corrected chi connectivity index (χ4v) is 1.65. The predicted molar refractivity (Wildman–Crippen MR) is 63.7 cm³/mol. The zero-order valence-electron chi connectivity index (χ0n) is 9.95. The van der Waals surface area contributed by atoms with Crippen molar-refractivity contribution in [3.8, 4) is 0 Å². The van der Waals surface area contributed by atoms with Crippen molar-refractivity contribution >= 4 is 0 Å². The molecule has 0 aliphatic carbocycles. The van der Waals surface area contributed by atoms with Gasteiger partial charge < -0.3 is 5.32 Å². The Hall–Kier alpha value is -1.88. The monoisotopic (exact) mass is 249 g/mol. The van der Waals surface area contributed by atoms with Crippen molar-refractivity contribution in [1.29, 1.82) is 0 Å². The molecule has 94 valence electrons. The van der Waals surface area contributed by atoms with Gasteiger partial charge in [-0.05, 0) is 30.7 Å². The average molecular weight is 249 g/mol. The van der Waals surface area contributed by atoms with E-state index >= 15 is 0 Å². The van der Waals surface area contributed by atoms with Gasteiger partial charge in [0.1, 0.15) is 17.5 Å². The number of halogens is 2. The van der Waals surface area contributed by atoms with Crippen LogP contribution >= 0.6 is 0 Å². The lowest BCUT2D eigenvalue weighted by atomic mass is 10.2. The van der Waals surface area contributed by atoms with Crippen LogP contribution in [0, 0.1) is 18.6 Å². The summed E-state index contributed by atoms with van der Waals surface area (Å²) >= 11 is 0. The Kier molecular flexibility index (Phi) is 3.94. The van der Waals surface area contributed by atoms with Crippen molar-refractivity contribution in [2.75, 3.05) is 0 Å². The topological polar surface area (TPSA) is 37.8 Å². The highest BCUT2D eigenvalue weighted by Gasteiger charge is 2.01. The van der Waals surface area contributed by atoms with E-state index in [-0.39, 0.29) is 0 Å². The molecule has 3 nitrogen and oxygen atoms in total. The van der Waals surface area contributed by atoms with Crippen LogP contribution in [0.3, 0.4) is 0 Å². The third kappa shape index (κ3) is 3.56. The minimum atomic E-state index is -0.565. The minimum absolute atomic E-state index is 0.387. The number of hydrogen-bond donors (Lipinski definition) is 1. The smallest absolute Gasteiger partial charge is 0.126 e. The van der Waals surface area contributed by atoms with Gasteiger partial charge in [0, 0.05) is 25.4 Å². The SMILES string of the molecule is Cc1nccc(CNCc2cc(F)cc(F)c2)n1. The normalized spacial score (nSPS) is 10.6. The molecule has 0 bridgehead atoms. The van der Waals surface area contributed by atoms with Crippen LogP contribution in [-0.4, -0.2) is 9.97 Å². The second-order valence-corrected chi connectivity index (χ2v) is 3.98. The van der Waals surface area contributed by atoms with Crippen molar-refractivity contribution in [3.05, 3.63) is 59.2 Å². The Morgan fingerprint density at radius 3 is 2.50 bits per heavy atom. The third-order valence-corrected chi connectivity index (χ3v) is 2.39. The summed E-state index contributed by atoms with van der Waals surface area (Å²) in [6.07, 6.45) is 1.68. The van der Waals surface area contributed by atoms with Gasteiger partial charge in [0.15, 0.2) is 0 Å². The Balaban J connectivity index is 1.92. The molecule has 0 radical (unpaired) electrons. The van der Waals surface area contributed by atoms with E-state index in [0.717, 1.165) is 11.8 Å². The average Bonchev–Trinajstić information content (AvgIpc) is 2.27. The van der Waals surface area contributed by atoms with Crippen LogP contribution in [0.15, 0.2) is 30.5 Å². The summed E-state index contributed by atoms with van der Waals surface area (Å²) in [5.41, 5.74) is 1.41. The van der Waals surface area contributed by atoms with Gasteiger partial charge >= 0.3 is 0 Å². The summed E-state index contributed by atoms with van der Waals surface area (Å²) in [6, 6.07) is 5.27. The molecule has 5 heteroatoms. The van der Waals surface area contributed by atoms with E-state index in [1.807, 2.05) is 6.92 Å². The fraction of sp³-hybridized carbons (Fsp3) is 0.231. The van der Waals surface area contributed by atoms with Gasteiger partial charge in [-0.3, -0.25) is 0 Å². The maximum absolute atomic E-state index is 12.9. The molecule has 0 aliphatic rings. The third-order valence-electron chi connectivity index (χ3n) is 2.39. The maximum Gasteiger partial charge on any atom is 0.126 e. The van der Waals surface area contributed by atoms with Gasteiger partial charge in [0.05, 0.1) is 5.69 Å². The van der Waals surface area contributed by atoms with Crippen LogP contribution in [0.4, 0.5) is 8.78 Å². The van der Waals surface area contributed by atoms with Crippen molar-refractivity contribution in [2.45, 2.75) is 20.0 Å². The van der Waals surface area contributed by atoms with Gasteiger partial charge in [0.25, 0.3) is 0 Å². The lowest BCUT2D eigenvalue weighted by Gasteiger charge is -2.05. The minimum Gasteiger partial charge on any atom is -0.307 e. The molecule has 0 aliphatic heterocycles. The van der Waals surface area contributed by atoms with E-state index in [1.165, 1.54) is 12.1 Å². The maximum atomic E-state index is 12.9. The molecule has 0 saturated heterocycles. The van der Waals surface area contributed by atoms with Gasteiger partial charge in [-0.15, -0.1) is 0 Å². The fourth-order valence-electron chi connectivity index (χ4n) is 1.65. The predicted octanol–water partition coefficient (Wildman–Crippen LogP) is 2.35. The lowest BCUT2D eigenvalue weighted by Crippen LogP contribution is -2.14. The molecule has 0 saturated carbocycles. The van der Waals surface area contributed by atoms with Crippen LogP contribution in [0.1, 0.15) is 17.1 Å². The van der Waals surface area contributed by atoms with Crippen LogP contribution in [-0.2, 0) is 13.1 Å². The Labute approximate surface area is 104 Å². The van der Waals surface area contributed by atoms with Gasteiger partial charge in [-0.1, -0.05) is 0 Å². The van der Waals surface area contributed by atoms with Crippen LogP contribution < -0.4 is 5.32 Å². The quantitative estimate of drug-likeness (QED) is 0.903. The second kappa shape index (κ2) is 5.64. The number of benzene rings is 1. The van der Waals surface area contributed by atoms with E-state index in [4.69, 9.17) is 0 Å². The first-order chi connectivity index (χ1) is 8.63. The highest BCUT2D eigenvalue weighted by Crippen LogP contribution is 2.07. The summed E-state index contributed by atoms with van der Waals surface area (Å²) in [7, 11) is 0. The summed E-state index contributed by atoms with van der Waals surface area (Å²) < 4.78 is 25.9.